The molecule has 1 atom stereocenters. The van der Waals surface area contributed by atoms with Gasteiger partial charge in [0.2, 0.25) is 0 Å². The maximum absolute atomic E-state index is 14.1. The first-order valence-electron chi connectivity index (χ1n) is 8.54. The Bertz CT molecular complexity index is 855. The second-order valence-electron chi connectivity index (χ2n) is 6.33. The number of carbonyl (C=O) groups excluding carboxylic acids is 1. The molecule has 1 fully saturated rings. The summed E-state index contributed by atoms with van der Waals surface area (Å²) in [6.07, 6.45) is 1.53. The van der Waals surface area contributed by atoms with Crippen molar-refractivity contribution in [3.05, 3.63) is 74.5 Å². The molecule has 1 amide bonds. The lowest BCUT2D eigenvalue weighted by Crippen LogP contribution is -2.37. The van der Waals surface area contributed by atoms with Gasteiger partial charge in [0, 0.05) is 37.4 Å². The summed E-state index contributed by atoms with van der Waals surface area (Å²) in [5.74, 6) is -0.921. The monoisotopic (exact) mass is 392 g/mol. The molecule has 6 nitrogen and oxygen atoms in total. The topological polar surface area (TPSA) is 72.7 Å². The van der Waals surface area contributed by atoms with Crippen molar-refractivity contribution in [1.29, 1.82) is 0 Å². The molecule has 1 aliphatic heterocycles. The van der Waals surface area contributed by atoms with Crippen molar-refractivity contribution < 1.29 is 18.8 Å². The van der Waals surface area contributed by atoms with Crippen LogP contribution in [0.3, 0.4) is 0 Å². The quantitative estimate of drug-likeness (QED) is 0.545. The Labute approximate surface area is 160 Å². The molecule has 27 heavy (non-hydrogen) atoms. The number of halogens is 2. The molecule has 2 aromatic rings. The molecular formula is C19H18ClFN2O4. The second-order valence-corrected chi connectivity index (χ2v) is 6.74. The van der Waals surface area contributed by atoms with Gasteiger partial charge in [-0.15, -0.1) is 0 Å². The van der Waals surface area contributed by atoms with Gasteiger partial charge in [0.1, 0.15) is 5.82 Å². The summed E-state index contributed by atoms with van der Waals surface area (Å²) in [5, 5.41) is 11.1. The van der Waals surface area contributed by atoms with E-state index in [0.717, 1.165) is 18.9 Å². The van der Waals surface area contributed by atoms with Gasteiger partial charge in [0.15, 0.2) is 0 Å². The molecular weight excluding hydrogens is 375 g/mol. The van der Waals surface area contributed by atoms with Crippen molar-refractivity contribution >= 4 is 23.2 Å². The summed E-state index contributed by atoms with van der Waals surface area (Å²) >= 11 is 6.12. The van der Waals surface area contributed by atoms with Gasteiger partial charge >= 0.3 is 0 Å². The highest BCUT2D eigenvalue weighted by atomic mass is 35.5. The molecule has 0 aromatic heterocycles. The van der Waals surface area contributed by atoms with Crippen LogP contribution in [-0.4, -0.2) is 35.0 Å². The number of hydrogen-bond donors (Lipinski definition) is 0. The second kappa shape index (κ2) is 8.45. The minimum absolute atomic E-state index is 0.0141. The Morgan fingerprint density at radius 1 is 1.33 bits per heavy atom. The van der Waals surface area contributed by atoms with Crippen LogP contribution in [-0.2, 0) is 11.3 Å². The lowest BCUT2D eigenvalue weighted by atomic mass is 10.1. The van der Waals surface area contributed by atoms with Crippen LogP contribution in [0.2, 0.25) is 5.02 Å². The molecule has 0 spiro atoms. The van der Waals surface area contributed by atoms with Crippen LogP contribution in [0, 0.1) is 15.9 Å². The van der Waals surface area contributed by atoms with Gasteiger partial charge in [-0.25, -0.2) is 4.39 Å². The van der Waals surface area contributed by atoms with Crippen LogP contribution in [0.25, 0.3) is 0 Å². The predicted molar refractivity (Wildman–Crippen MR) is 98.2 cm³/mol. The van der Waals surface area contributed by atoms with E-state index in [0.29, 0.717) is 12.2 Å². The lowest BCUT2D eigenvalue weighted by molar-refractivity contribution is -0.384. The molecule has 0 saturated carbocycles. The number of rotatable bonds is 6. The Morgan fingerprint density at radius 3 is 2.78 bits per heavy atom. The summed E-state index contributed by atoms with van der Waals surface area (Å²) in [7, 11) is 0. The van der Waals surface area contributed by atoms with Crippen molar-refractivity contribution in [2.45, 2.75) is 25.5 Å². The normalized spacial score (nSPS) is 16.3. The largest absolute Gasteiger partial charge is 0.376 e. The number of carbonyl (C=O) groups is 1. The van der Waals surface area contributed by atoms with Gasteiger partial charge in [-0.1, -0.05) is 29.8 Å². The number of non-ortho nitro benzene ring substituents is 1. The van der Waals surface area contributed by atoms with Gasteiger partial charge in [-0.2, -0.15) is 0 Å². The van der Waals surface area contributed by atoms with Crippen LogP contribution < -0.4 is 0 Å². The number of ether oxygens (including phenoxy) is 1. The van der Waals surface area contributed by atoms with E-state index in [1.165, 1.54) is 23.1 Å². The average Bonchev–Trinajstić information content (AvgIpc) is 3.15. The average molecular weight is 393 g/mol. The Hall–Kier alpha value is -2.51. The minimum Gasteiger partial charge on any atom is -0.376 e. The zero-order chi connectivity index (χ0) is 19.4. The van der Waals surface area contributed by atoms with E-state index in [2.05, 4.69) is 0 Å². The number of benzene rings is 2. The standard InChI is InChI=1S/C19H18ClFN2O4/c20-17-8-7-14(23(25)26)10-16(17)19(24)22(12-15-5-3-9-27-15)11-13-4-1-2-6-18(13)21/h1-2,4,6-8,10,15H,3,5,9,11-12H2. The number of nitro benzene ring substituents is 1. The van der Waals surface area contributed by atoms with Crippen LogP contribution in [0.15, 0.2) is 42.5 Å². The first-order valence-corrected chi connectivity index (χ1v) is 8.91. The molecule has 1 unspecified atom stereocenters. The van der Waals surface area contributed by atoms with Gasteiger partial charge in [0.05, 0.1) is 21.6 Å². The maximum Gasteiger partial charge on any atom is 0.270 e. The Morgan fingerprint density at radius 2 is 2.11 bits per heavy atom. The number of hydrogen-bond acceptors (Lipinski definition) is 4. The summed E-state index contributed by atoms with van der Waals surface area (Å²) in [5.41, 5.74) is 0.135. The lowest BCUT2D eigenvalue weighted by Gasteiger charge is -2.26. The third-order valence-corrected chi connectivity index (χ3v) is 4.78. The summed E-state index contributed by atoms with van der Waals surface area (Å²) in [6.45, 7) is 0.889. The summed E-state index contributed by atoms with van der Waals surface area (Å²) in [6, 6.07) is 9.88. The van der Waals surface area contributed by atoms with E-state index in [1.54, 1.807) is 18.2 Å². The highest BCUT2D eigenvalue weighted by molar-refractivity contribution is 6.33. The van der Waals surface area contributed by atoms with Crippen molar-refractivity contribution in [2.75, 3.05) is 13.2 Å². The molecule has 0 radical (unpaired) electrons. The smallest absolute Gasteiger partial charge is 0.270 e. The van der Waals surface area contributed by atoms with Crippen LogP contribution >= 0.6 is 11.6 Å². The molecule has 1 heterocycles. The number of nitro groups is 1. The minimum atomic E-state index is -0.589. The van der Waals surface area contributed by atoms with Gasteiger partial charge < -0.3 is 9.64 Å². The van der Waals surface area contributed by atoms with E-state index in [9.17, 15) is 19.3 Å². The van der Waals surface area contributed by atoms with Crippen LogP contribution in [0.1, 0.15) is 28.8 Å². The SMILES string of the molecule is O=C(c1cc([N+](=O)[O-])ccc1Cl)N(Cc1ccccc1F)CC1CCCO1. The van der Waals surface area contributed by atoms with Crippen molar-refractivity contribution in [3.63, 3.8) is 0 Å². The summed E-state index contributed by atoms with van der Waals surface area (Å²) in [4.78, 5) is 25.0. The molecule has 2 aromatic carbocycles. The molecule has 8 heteroatoms. The zero-order valence-electron chi connectivity index (χ0n) is 14.4. The molecule has 0 N–H and O–H groups in total. The molecule has 1 saturated heterocycles. The Balaban J connectivity index is 1.91. The fraction of sp³-hybridized carbons (Fsp3) is 0.316. The van der Waals surface area contributed by atoms with Gasteiger partial charge in [0.25, 0.3) is 11.6 Å². The predicted octanol–water partition coefficient (Wildman–Crippen LogP) is 4.21. The molecule has 0 bridgehead atoms. The van der Waals surface area contributed by atoms with Crippen molar-refractivity contribution in [2.24, 2.45) is 0 Å². The van der Waals surface area contributed by atoms with Crippen molar-refractivity contribution in [3.8, 4) is 0 Å². The van der Waals surface area contributed by atoms with Gasteiger partial charge in [-0.05, 0) is 25.0 Å². The highest BCUT2D eigenvalue weighted by Crippen LogP contribution is 2.25. The van der Waals surface area contributed by atoms with Crippen molar-refractivity contribution in [1.82, 2.24) is 4.90 Å². The highest BCUT2D eigenvalue weighted by Gasteiger charge is 2.26. The Kier molecular flexibility index (Phi) is 6.03. The van der Waals surface area contributed by atoms with Crippen LogP contribution in [0.4, 0.5) is 10.1 Å². The van der Waals surface area contributed by atoms with E-state index in [1.807, 2.05) is 0 Å². The van der Waals surface area contributed by atoms with E-state index in [-0.39, 0.29) is 35.5 Å². The number of nitrogens with zero attached hydrogens (tertiary/aromatic N) is 2. The first-order chi connectivity index (χ1) is 13.0. The fourth-order valence-corrected chi connectivity index (χ4v) is 3.25. The summed E-state index contributed by atoms with van der Waals surface area (Å²) < 4.78 is 19.7. The third kappa shape index (κ3) is 4.61. The van der Waals surface area contributed by atoms with Crippen LogP contribution in [0.5, 0.6) is 0 Å². The molecule has 0 aliphatic carbocycles. The van der Waals surface area contributed by atoms with E-state index in [4.69, 9.17) is 16.3 Å². The molecule has 1 aliphatic rings. The first kappa shape index (κ1) is 19.3. The number of amides is 1. The van der Waals surface area contributed by atoms with E-state index < -0.39 is 16.6 Å². The van der Waals surface area contributed by atoms with E-state index >= 15 is 0 Å². The zero-order valence-corrected chi connectivity index (χ0v) is 15.2. The van der Waals surface area contributed by atoms with Gasteiger partial charge in [-0.3, -0.25) is 14.9 Å². The maximum atomic E-state index is 14.1. The fourth-order valence-electron chi connectivity index (χ4n) is 3.05. The molecule has 142 valence electrons. The molecule has 3 rings (SSSR count). The third-order valence-electron chi connectivity index (χ3n) is 4.45.